The lowest BCUT2D eigenvalue weighted by molar-refractivity contribution is -0.145. The van der Waals surface area contributed by atoms with Crippen LogP contribution in [0.3, 0.4) is 0 Å². The molecule has 0 aromatic heterocycles. The van der Waals surface area contributed by atoms with E-state index in [2.05, 4.69) is 11.6 Å². The lowest BCUT2D eigenvalue weighted by atomic mass is 10.1. The molecular weight excluding hydrogens is 406 g/mol. The van der Waals surface area contributed by atoms with Crippen molar-refractivity contribution in [2.24, 2.45) is 0 Å². The van der Waals surface area contributed by atoms with Gasteiger partial charge in [0.1, 0.15) is 0 Å². The summed E-state index contributed by atoms with van der Waals surface area (Å²) in [6.07, 6.45) is 2.45. The normalized spacial score (nSPS) is 16.2. The molecule has 1 N–H and O–H groups in total. The third-order valence-electron chi connectivity index (χ3n) is 4.88. The molecular formula is C22H25NO6S. The molecule has 160 valence electrons. The van der Waals surface area contributed by atoms with Crippen LogP contribution in [0.1, 0.15) is 47.7 Å². The van der Waals surface area contributed by atoms with Crippen LogP contribution in [0, 0.1) is 6.92 Å². The standard InChI is InChI=1S/C22H25NO6S/c1-3-4-5-16-7-10-18(11-8-16)23-30(26,27)20-14-17(9-6-15(20)2)21(24)29-19-12-13-28-22(19)25/h6-11,14,19,23H,3-5,12-13H2,1-2H3. The summed E-state index contributed by atoms with van der Waals surface area (Å²) in [5.74, 6) is -1.36. The number of unbranched alkanes of at least 4 members (excludes halogenated alkanes) is 1. The minimum absolute atomic E-state index is 0.0268. The Morgan fingerprint density at radius 3 is 2.57 bits per heavy atom. The van der Waals surface area contributed by atoms with Crippen molar-refractivity contribution >= 4 is 27.6 Å². The summed E-state index contributed by atoms with van der Waals surface area (Å²) in [6.45, 7) is 3.96. The van der Waals surface area contributed by atoms with Crippen molar-refractivity contribution in [2.45, 2.75) is 50.5 Å². The molecule has 8 heteroatoms. The fourth-order valence-electron chi connectivity index (χ4n) is 3.13. The maximum absolute atomic E-state index is 12.9. The minimum Gasteiger partial charge on any atom is -0.463 e. The maximum Gasteiger partial charge on any atom is 0.347 e. The molecule has 2 aromatic rings. The van der Waals surface area contributed by atoms with Gasteiger partial charge in [-0.15, -0.1) is 0 Å². The first-order valence-electron chi connectivity index (χ1n) is 9.90. The van der Waals surface area contributed by atoms with Gasteiger partial charge in [0.25, 0.3) is 10.0 Å². The van der Waals surface area contributed by atoms with Crippen LogP contribution in [0.25, 0.3) is 0 Å². The van der Waals surface area contributed by atoms with E-state index in [0.29, 0.717) is 11.3 Å². The van der Waals surface area contributed by atoms with Crippen LogP contribution in [-0.4, -0.2) is 33.1 Å². The summed E-state index contributed by atoms with van der Waals surface area (Å²) in [5.41, 5.74) is 2.12. The number of esters is 2. The van der Waals surface area contributed by atoms with E-state index in [4.69, 9.17) is 9.47 Å². The van der Waals surface area contributed by atoms with Crippen molar-refractivity contribution in [2.75, 3.05) is 11.3 Å². The molecule has 1 aliphatic rings. The van der Waals surface area contributed by atoms with E-state index >= 15 is 0 Å². The van der Waals surface area contributed by atoms with Crippen LogP contribution in [-0.2, 0) is 30.7 Å². The Kier molecular flexibility index (Phi) is 6.77. The van der Waals surface area contributed by atoms with E-state index in [-0.39, 0.29) is 23.5 Å². The summed E-state index contributed by atoms with van der Waals surface area (Å²) < 4.78 is 38.3. The summed E-state index contributed by atoms with van der Waals surface area (Å²) >= 11 is 0. The van der Waals surface area contributed by atoms with Gasteiger partial charge in [-0.3, -0.25) is 4.72 Å². The van der Waals surface area contributed by atoms with E-state index in [1.807, 2.05) is 12.1 Å². The molecule has 1 aliphatic heterocycles. The number of carbonyl (C=O) groups is 2. The summed E-state index contributed by atoms with van der Waals surface area (Å²) in [7, 11) is -3.92. The summed E-state index contributed by atoms with van der Waals surface area (Å²) in [5, 5.41) is 0. The minimum atomic E-state index is -3.92. The highest BCUT2D eigenvalue weighted by Crippen LogP contribution is 2.23. The molecule has 3 rings (SSSR count). The van der Waals surface area contributed by atoms with Gasteiger partial charge in [0, 0.05) is 12.1 Å². The van der Waals surface area contributed by atoms with Crippen LogP contribution < -0.4 is 4.72 Å². The number of nitrogens with one attached hydrogen (secondary N) is 1. The van der Waals surface area contributed by atoms with E-state index in [1.54, 1.807) is 19.1 Å². The second-order valence-electron chi connectivity index (χ2n) is 7.24. The Bertz CT molecular complexity index is 1030. The zero-order valence-corrected chi connectivity index (χ0v) is 17.8. The van der Waals surface area contributed by atoms with Crippen molar-refractivity contribution in [3.05, 3.63) is 59.2 Å². The van der Waals surface area contributed by atoms with Gasteiger partial charge in [-0.2, -0.15) is 0 Å². The molecule has 2 aromatic carbocycles. The lowest BCUT2D eigenvalue weighted by Gasteiger charge is -2.13. The van der Waals surface area contributed by atoms with Crippen molar-refractivity contribution in [3.8, 4) is 0 Å². The van der Waals surface area contributed by atoms with Gasteiger partial charge in [-0.05, 0) is 55.2 Å². The molecule has 0 bridgehead atoms. The molecule has 1 unspecified atom stereocenters. The highest BCUT2D eigenvalue weighted by atomic mass is 32.2. The number of cyclic esters (lactones) is 1. The fraction of sp³-hybridized carbons (Fsp3) is 0.364. The first-order chi connectivity index (χ1) is 14.3. The number of anilines is 1. The summed E-state index contributed by atoms with van der Waals surface area (Å²) in [4.78, 5) is 23.8. The smallest absolute Gasteiger partial charge is 0.347 e. The van der Waals surface area contributed by atoms with E-state index < -0.39 is 28.1 Å². The molecule has 1 fully saturated rings. The molecule has 0 amide bonds. The average molecular weight is 432 g/mol. The third-order valence-corrected chi connectivity index (χ3v) is 6.40. The van der Waals surface area contributed by atoms with Crippen LogP contribution in [0.5, 0.6) is 0 Å². The second kappa shape index (κ2) is 9.30. The third kappa shape index (κ3) is 5.18. The first kappa shape index (κ1) is 21.8. The monoisotopic (exact) mass is 431 g/mol. The number of carbonyl (C=O) groups excluding carboxylic acids is 2. The van der Waals surface area contributed by atoms with Crippen molar-refractivity contribution in [1.82, 2.24) is 0 Å². The molecule has 0 aliphatic carbocycles. The SMILES string of the molecule is CCCCc1ccc(NS(=O)(=O)c2cc(C(=O)OC3CCOC3=O)ccc2C)cc1. The number of ether oxygens (including phenoxy) is 2. The molecule has 1 heterocycles. The van der Waals surface area contributed by atoms with Gasteiger partial charge in [0.05, 0.1) is 17.1 Å². The van der Waals surface area contributed by atoms with E-state index in [9.17, 15) is 18.0 Å². The number of sulfonamides is 1. The molecule has 0 spiro atoms. The van der Waals surface area contributed by atoms with Gasteiger partial charge in [-0.1, -0.05) is 31.5 Å². The van der Waals surface area contributed by atoms with Crippen LogP contribution >= 0.6 is 0 Å². The zero-order chi connectivity index (χ0) is 21.7. The fourth-order valence-corrected chi connectivity index (χ4v) is 4.46. The summed E-state index contributed by atoms with van der Waals surface area (Å²) in [6, 6.07) is 11.5. The van der Waals surface area contributed by atoms with Crippen LogP contribution in [0.4, 0.5) is 5.69 Å². The highest BCUT2D eigenvalue weighted by Gasteiger charge is 2.31. The largest absolute Gasteiger partial charge is 0.463 e. The maximum atomic E-state index is 12.9. The molecule has 0 saturated carbocycles. The van der Waals surface area contributed by atoms with E-state index in [1.165, 1.54) is 18.2 Å². The Morgan fingerprint density at radius 2 is 1.93 bits per heavy atom. The van der Waals surface area contributed by atoms with Gasteiger partial charge in [0.15, 0.2) is 0 Å². The van der Waals surface area contributed by atoms with Crippen molar-refractivity contribution in [1.29, 1.82) is 0 Å². The lowest BCUT2D eigenvalue weighted by Crippen LogP contribution is -2.23. The Labute approximate surface area is 176 Å². The predicted octanol–water partition coefficient (Wildman–Crippen LogP) is 3.61. The van der Waals surface area contributed by atoms with E-state index in [0.717, 1.165) is 24.8 Å². The Morgan fingerprint density at radius 1 is 1.20 bits per heavy atom. The second-order valence-corrected chi connectivity index (χ2v) is 8.89. The molecule has 1 atom stereocenters. The van der Waals surface area contributed by atoms with Gasteiger partial charge < -0.3 is 9.47 Å². The van der Waals surface area contributed by atoms with Gasteiger partial charge >= 0.3 is 11.9 Å². The topological polar surface area (TPSA) is 98.8 Å². The molecule has 0 radical (unpaired) electrons. The van der Waals surface area contributed by atoms with Crippen LogP contribution in [0.15, 0.2) is 47.4 Å². The zero-order valence-electron chi connectivity index (χ0n) is 17.0. The number of hydrogen-bond acceptors (Lipinski definition) is 6. The quantitative estimate of drug-likeness (QED) is 0.641. The molecule has 1 saturated heterocycles. The predicted molar refractivity (Wildman–Crippen MR) is 112 cm³/mol. The number of aryl methyl sites for hydroxylation is 2. The molecule has 30 heavy (non-hydrogen) atoms. The number of benzene rings is 2. The Balaban J connectivity index is 1.77. The average Bonchev–Trinajstić information content (AvgIpc) is 3.11. The Hall–Kier alpha value is -2.87. The van der Waals surface area contributed by atoms with Crippen molar-refractivity contribution < 1.29 is 27.5 Å². The van der Waals surface area contributed by atoms with Crippen molar-refractivity contribution in [3.63, 3.8) is 0 Å². The molecule has 7 nitrogen and oxygen atoms in total. The van der Waals surface area contributed by atoms with Gasteiger partial charge in [-0.25, -0.2) is 18.0 Å². The number of rotatable bonds is 8. The van der Waals surface area contributed by atoms with Crippen LogP contribution in [0.2, 0.25) is 0 Å². The highest BCUT2D eigenvalue weighted by molar-refractivity contribution is 7.92. The number of hydrogen-bond donors (Lipinski definition) is 1. The first-order valence-corrected chi connectivity index (χ1v) is 11.4. The van der Waals surface area contributed by atoms with Gasteiger partial charge in [0.2, 0.25) is 6.10 Å².